The Morgan fingerprint density at radius 1 is 0.384 bits per heavy atom. The molecular formula is C96H99F3N16O22S. The molecule has 722 valence electrons. The lowest BCUT2D eigenvalue weighted by atomic mass is 10.1. The number of fused-ring (bicyclic) bond motifs is 4. The molecule has 0 bridgehead atoms. The predicted octanol–water partition coefficient (Wildman–Crippen LogP) is 12.7. The fourth-order valence-corrected chi connectivity index (χ4v) is 13.8. The van der Waals surface area contributed by atoms with Crippen LogP contribution in [0.25, 0.3) is 44.1 Å². The minimum absolute atomic E-state index is 0.0604. The van der Waals surface area contributed by atoms with E-state index in [1.165, 1.54) is 43.6 Å². The van der Waals surface area contributed by atoms with E-state index in [4.69, 9.17) is 43.0 Å². The zero-order valence-electron chi connectivity index (χ0n) is 77.3. The van der Waals surface area contributed by atoms with Crippen molar-refractivity contribution < 1.29 is 97.9 Å². The number of aryl methyl sites for hydroxylation is 4. The Hall–Kier alpha value is -16.4. The zero-order valence-corrected chi connectivity index (χ0v) is 78.1. The van der Waals surface area contributed by atoms with Crippen LogP contribution in [0.3, 0.4) is 0 Å². The number of carbonyl (C=O) groups is 5. The number of rotatable bonds is 30. The van der Waals surface area contributed by atoms with Gasteiger partial charge in [-0.05, 0) is 135 Å². The van der Waals surface area contributed by atoms with Gasteiger partial charge in [-0.25, -0.2) is 63.8 Å². The van der Waals surface area contributed by atoms with E-state index in [9.17, 15) is 69.8 Å². The summed E-state index contributed by atoms with van der Waals surface area (Å²) in [5.74, 6) is -4.86. The number of carbonyl (C=O) groups excluding carboxylic acids is 5. The average molecular weight is 1920 g/mol. The first-order valence-electron chi connectivity index (χ1n) is 42.8. The van der Waals surface area contributed by atoms with Crippen molar-refractivity contribution in [2.75, 3.05) is 30.5 Å². The fourth-order valence-electron chi connectivity index (χ4n) is 13.4. The van der Waals surface area contributed by atoms with Crippen molar-refractivity contribution >= 4 is 95.7 Å². The van der Waals surface area contributed by atoms with Gasteiger partial charge < -0.3 is 73.6 Å². The second-order valence-corrected chi connectivity index (χ2v) is 33.6. The summed E-state index contributed by atoms with van der Waals surface area (Å²) in [4.78, 5) is 170. The van der Waals surface area contributed by atoms with Crippen LogP contribution in [0.1, 0.15) is 161 Å². The van der Waals surface area contributed by atoms with Gasteiger partial charge in [0.25, 0.3) is 5.56 Å². The number of esters is 3. The molecule has 0 atom stereocenters. The third-order valence-electron chi connectivity index (χ3n) is 19.5. The van der Waals surface area contributed by atoms with Crippen molar-refractivity contribution in [3.8, 4) is 11.5 Å². The lowest BCUT2D eigenvalue weighted by Crippen LogP contribution is -2.35. The SMILES string of the molecule is CCOC(=O)c1c(NCc2cccc(CNC(=O)OC(C)(C)C)c2)c2c(C)ncnc2n(OCc2ccccc2)c1=O.CCOC(=O)c1c(O)c2c(C)ncnc2n(OCc2ccccc2)c1=O.CCOC(=O)c1c(OS(=O)(=O)C(F)(F)F)c2c(C)ncnc2n(OCc2ccccc2)c1=O.Cc1ncnc2c1c(NCc1cccc(CNC(=O)OC(C)(C)C)c1)cc(=O)n2OCc1ccccc1. The highest BCUT2D eigenvalue weighted by atomic mass is 32.2. The van der Waals surface area contributed by atoms with Gasteiger partial charge in [0.05, 0.1) is 75.5 Å². The number of alkyl carbamates (subject to hydrolysis) is 2. The van der Waals surface area contributed by atoms with E-state index in [1.54, 1.807) is 78.8 Å². The Morgan fingerprint density at radius 2 is 0.703 bits per heavy atom. The Morgan fingerprint density at radius 3 is 1.10 bits per heavy atom. The van der Waals surface area contributed by atoms with Gasteiger partial charge in [-0.3, -0.25) is 19.2 Å². The van der Waals surface area contributed by atoms with Crippen molar-refractivity contribution in [3.63, 3.8) is 0 Å². The van der Waals surface area contributed by atoms with Crippen LogP contribution in [-0.2, 0) is 86.4 Å². The van der Waals surface area contributed by atoms with Crippen LogP contribution in [0.15, 0.2) is 220 Å². The summed E-state index contributed by atoms with van der Waals surface area (Å²) in [6.45, 7) is 23.5. The summed E-state index contributed by atoms with van der Waals surface area (Å²) in [6, 6.07) is 53.5. The Kier molecular flexibility index (Phi) is 34.0. The van der Waals surface area contributed by atoms with Gasteiger partial charge in [-0.15, -0.1) is 18.9 Å². The highest BCUT2D eigenvalue weighted by Crippen LogP contribution is 2.36. The van der Waals surface area contributed by atoms with E-state index in [0.717, 1.165) is 60.4 Å². The quantitative estimate of drug-likeness (QED) is 0.0121. The van der Waals surface area contributed by atoms with Crippen molar-refractivity contribution in [2.45, 2.75) is 159 Å². The molecule has 0 saturated carbocycles. The van der Waals surface area contributed by atoms with E-state index in [0.29, 0.717) is 56.9 Å². The fraction of sp³-hybridized carbons (Fsp3) is 0.281. The molecule has 5 N–H and O–H groups in total. The molecule has 42 heteroatoms. The standard InChI is InChI=1S/C31H35N5O6.C28H31N5O4.C19H16F3N3O7S.C18H17N3O5/c1-6-40-29(38)25-26(32-16-22-13-10-14-23(15-22)17-33-30(39)42-31(3,4)5)24-20(2)34-19-35-27(24)36(28(25)37)41-18-21-11-8-7-9-12-21;1-19-25-23(29-15-21-11-8-12-22(13-21)16-30-27(35)37-28(2,3)4)14-24(34)33(26(25)32-18-31-19)36-17-20-9-6-5-7-10-20;1-3-30-18(27)14-15(32-33(28,29)19(20,21)22)13-11(2)23-10-24-16(13)25(17(14)26)31-9-12-7-5-4-6-8-12;1-3-25-18(24)14-15(22)13-11(2)19-10-20-16(13)21(17(14)23)26-9-12-7-5-4-6-8-12/h7-15,19,32H,6,16-18H2,1-5H3,(H,33,39);5-14,18,29H,15-17H2,1-4H3,(H,30,35);4-8,10H,3,9H2,1-2H3;4-8,10,22H,3,9H2,1-2H3. The van der Waals surface area contributed by atoms with E-state index in [-0.39, 0.29) is 98.5 Å². The lowest BCUT2D eigenvalue weighted by Gasteiger charge is -2.20. The predicted molar refractivity (Wildman–Crippen MR) is 500 cm³/mol. The monoisotopic (exact) mass is 1920 g/mol. The molecule has 0 saturated heterocycles. The number of ether oxygens (including phenoxy) is 5. The molecule has 8 heterocycles. The summed E-state index contributed by atoms with van der Waals surface area (Å²) >= 11 is 0. The highest BCUT2D eigenvalue weighted by Gasteiger charge is 2.50. The van der Waals surface area contributed by atoms with Crippen LogP contribution in [-0.4, -0.2) is 139 Å². The molecule has 0 aliphatic rings. The molecule has 14 aromatic rings. The third-order valence-corrected chi connectivity index (χ3v) is 20.5. The Balaban J connectivity index is 0.000000179. The lowest BCUT2D eigenvalue weighted by molar-refractivity contribution is -0.0500. The zero-order chi connectivity index (χ0) is 99.8. The summed E-state index contributed by atoms with van der Waals surface area (Å²) in [5.41, 5.74) is -2.50. The van der Waals surface area contributed by atoms with Crippen LogP contribution >= 0.6 is 0 Å². The van der Waals surface area contributed by atoms with Gasteiger partial charge in [0.1, 0.15) is 68.7 Å². The molecule has 0 radical (unpaired) electrons. The maximum atomic E-state index is 13.8. The van der Waals surface area contributed by atoms with Gasteiger partial charge in [0, 0.05) is 32.2 Å². The summed E-state index contributed by atoms with van der Waals surface area (Å²) in [7, 11) is -6.27. The first-order valence-corrected chi connectivity index (χ1v) is 44.2. The second-order valence-electron chi connectivity index (χ2n) is 32.0. The van der Waals surface area contributed by atoms with Crippen molar-refractivity contribution in [1.82, 2.24) is 69.4 Å². The van der Waals surface area contributed by atoms with Gasteiger partial charge >= 0.3 is 62.4 Å². The molecule has 8 aromatic heterocycles. The molecule has 138 heavy (non-hydrogen) atoms. The average Bonchev–Trinajstić information content (AvgIpc) is 0.742. The van der Waals surface area contributed by atoms with Crippen LogP contribution in [0, 0.1) is 27.7 Å². The minimum Gasteiger partial charge on any atom is -0.506 e. The van der Waals surface area contributed by atoms with Crippen LogP contribution in [0.4, 0.5) is 34.1 Å². The number of amides is 2. The number of anilines is 2. The molecule has 6 aromatic carbocycles. The van der Waals surface area contributed by atoms with E-state index in [2.05, 4.69) is 65.3 Å². The molecule has 38 nitrogen and oxygen atoms in total. The molecule has 14 rings (SSSR count). The number of hydrogen-bond acceptors (Lipinski definition) is 32. The molecule has 0 aliphatic heterocycles. The minimum atomic E-state index is -6.27. The Bertz CT molecular complexity index is 7130. The van der Waals surface area contributed by atoms with Crippen LogP contribution in [0.5, 0.6) is 11.5 Å². The largest absolute Gasteiger partial charge is 0.534 e. The van der Waals surface area contributed by atoms with Gasteiger partial charge in [-0.1, -0.05) is 170 Å². The normalized spacial score (nSPS) is 11.3. The first-order chi connectivity index (χ1) is 65.8. The van der Waals surface area contributed by atoms with Crippen molar-refractivity contribution in [2.24, 2.45) is 0 Å². The third kappa shape index (κ3) is 26.4. The number of hydrogen-bond donors (Lipinski definition) is 5. The van der Waals surface area contributed by atoms with Gasteiger partial charge in [0.15, 0.2) is 45.0 Å². The van der Waals surface area contributed by atoms with Crippen LogP contribution in [0.2, 0.25) is 0 Å². The molecule has 0 unspecified atom stereocenters. The maximum Gasteiger partial charge on any atom is 0.534 e. The molecule has 2 amide bonds. The molecule has 0 spiro atoms. The molecule has 0 aliphatic carbocycles. The van der Waals surface area contributed by atoms with Crippen LogP contribution < -0.4 is 67.0 Å². The summed E-state index contributed by atoms with van der Waals surface area (Å²) < 4.78 is 96.0. The first kappa shape index (κ1) is 102. The topological polar surface area (TPSA) is 471 Å². The summed E-state index contributed by atoms with van der Waals surface area (Å²) in [6.07, 6.45) is 4.02. The molecular weight excluding hydrogens is 1820 g/mol. The van der Waals surface area contributed by atoms with Crippen molar-refractivity contribution in [1.29, 1.82) is 0 Å². The highest BCUT2D eigenvalue weighted by molar-refractivity contribution is 7.88. The van der Waals surface area contributed by atoms with E-state index < -0.39 is 107 Å². The number of alkyl halides is 3. The number of halogens is 3. The van der Waals surface area contributed by atoms with Gasteiger partial charge in [-0.2, -0.15) is 21.6 Å². The number of aromatic nitrogens is 12. The van der Waals surface area contributed by atoms with Gasteiger partial charge in [0.2, 0.25) is 0 Å². The number of aromatic hydroxyl groups is 1. The number of nitrogens with zero attached hydrogens (tertiary/aromatic N) is 12. The van der Waals surface area contributed by atoms with E-state index in [1.807, 2.05) is 167 Å². The number of pyridine rings is 4. The Labute approximate surface area is 787 Å². The summed E-state index contributed by atoms with van der Waals surface area (Å²) in [5, 5.41) is 23.4. The smallest absolute Gasteiger partial charge is 0.506 e. The second kappa shape index (κ2) is 46.0. The maximum absolute atomic E-state index is 13.8. The van der Waals surface area contributed by atoms with Crippen molar-refractivity contribution in [3.05, 3.63) is 327 Å². The van der Waals surface area contributed by atoms with E-state index >= 15 is 0 Å². The molecule has 0 fully saturated rings. The number of benzene rings is 6. The number of nitrogens with one attached hydrogen (secondary N) is 4.